The molecule has 3 aromatic carbocycles. The van der Waals surface area contributed by atoms with Gasteiger partial charge in [0, 0.05) is 28.8 Å². The van der Waals surface area contributed by atoms with Crippen LogP contribution in [0.1, 0.15) is 26.3 Å². The second kappa shape index (κ2) is 8.41. The molecule has 7 nitrogen and oxygen atoms in total. The lowest BCUT2D eigenvalue weighted by Gasteiger charge is -2.07. The van der Waals surface area contributed by atoms with E-state index in [1.54, 1.807) is 42.5 Å². The minimum Gasteiger partial charge on any atom is -0.485 e. The minimum atomic E-state index is -0.511. The van der Waals surface area contributed by atoms with E-state index in [9.17, 15) is 19.7 Å². The van der Waals surface area contributed by atoms with Crippen LogP contribution in [0, 0.1) is 10.1 Å². The SMILES string of the molecule is O=C(COc1ccc2c(c1)O/C(=C\c1cccc([N+](=O)[O-])c1)C2=O)c1ccc(Cl)cc1. The summed E-state index contributed by atoms with van der Waals surface area (Å²) in [5, 5.41) is 11.5. The lowest BCUT2D eigenvalue weighted by atomic mass is 10.1. The molecule has 1 heterocycles. The van der Waals surface area contributed by atoms with Gasteiger partial charge in [0.15, 0.2) is 18.1 Å². The molecule has 0 fully saturated rings. The van der Waals surface area contributed by atoms with Gasteiger partial charge in [-0.1, -0.05) is 23.7 Å². The van der Waals surface area contributed by atoms with Crippen molar-refractivity contribution in [1.29, 1.82) is 0 Å². The molecule has 0 amide bonds. The van der Waals surface area contributed by atoms with Crippen molar-refractivity contribution in [3.05, 3.63) is 104 Å². The highest BCUT2D eigenvalue weighted by molar-refractivity contribution is 6.30. The monoisotopic (exact) mass is 435 g/mol. The van der Waals surface area contributed by atoms with E-state index in [2.05, 4.69) is 0 Å². The van der Waals surface area contributed by atoms with Crippen LogP contribution in [0.5, 0.6) is 11.5 Å². The first-order valence-electron chi connectivity index (χ1n) is 9.15. The van der Waals surface area contributed by atoms with Crippen LogP contribution in [0.15, 0.2) is 72.5 Å². The number of ketones is 2. The summed E-state index contributed by atoms with van der Waals surface area (Å²) in [6.07, 6.45) is 1.44. The van der Waals surface area contributed by atoms with Crippen LogP contribution < -0.4 is 9.47 Å². The predicted octanol–water partition coefficient (Wildman–Crippen LogP) is 5.13. The molecule has 0 spiro atoms. The highest BCUT2D eigenvalue weighted by Crippen LogP contribution is 2.35. The van der Waals surface area contributed by atoms with Crippen molar-refractivity contribution in [3.63, 3.8) is 0 Å². The topological polar surface area (TPSA) is 95.7 Å². The molecular weight excluding hydrogens is 422 g/mol. The summed E-state index contributed by atoms with van der Waals surface area (Å²) in [5.41, 5.74) is 1.20. The number of rotatable bonds is 6. The molecule has 0 saturated heterocycles. The number of carbonyl (C=O) groups is 2. The van der Waals surface area contributed by atoms with Crippen molar-refractivity contribution < 1.29 is 24.0 Å². The molecule has 8 heteroatoms. The molecule has 0 aliphatic carbocycles. The Morgan fingerprint density at radius 1 is 1.10 bits per heavy atom. The predicted molar refractivity (Wildman–Crippen MR) is 114 cm³/mol. The minimum absolute atomic E-state index is 0.0462. The van der Waals surface area contributed by atoms with Crippen molar-refractivity contribution in [2.24, 2.45) is 0 Å². The number of halogens is 1. The molecule has 154 valence electrons. The number of nitrogens with zero attached hydrogens (tertiary/aromatic N) is 1. The second-order valence-corrected chi connectivity index (χ2v) is 7.11. The average Bonchev–Trinajstić information content (AvgIpc) is 3.07. The Bertz CT molecular complexity index is 1230. The Morgan fingerprint density at radius 2 is 1.87 bits per heavy atom. The Balaban J connectivity index is 1.48. The molecule has 0 atom stereocenters. The lowest BCUT2D eigenvalue weighted by molar-refractivity contribution is -0.384. The molecule has 0 saturated carbocycles. The molecular formula is C23H14ClNO6. The van der Waals surface area contributed by atoms with Gasteiger partial charge in [-0.3, -0.25) is 19.7 Å². The second-order valence-electron chi connectivity index (χ2n) is 6.67. The molecule has 31 heavy (non-hydrogen) atoms. The van der Waals surface area contributed by atoms with Gasteiger partial charge in [-0.2, -0.15) is 0 Å². The van der Waals surface area contributed by atoms with Gasteiger partial charge in [-0.15, -0.1) is 0 Å². The highest BCUT2D eigenvalue weighted by Gasteiger charge is 2.28. The molecule has 1 aliphatic rings. The van der Waals surface area contributed by atoms with Crippen LogP contribution >= 0.6 is 11.6 Å². The zero-order valence-corrected chi connectivity index (χ0v) is 16.7. The summed E-state index contributed by atoms with van der Waals surface area (Å²) < 4.78 is 11.2. The van der Waals surface area contributed by atoms with Gasteiger partial charge >= 0.3 is 0 Å². The van der Waals surface area contributed by atoms with Crippen LogP contribution in [0.2, 0.25) is 5.02 Å². The summed E-state index contributed by atoms with van der Waals surface area (Å²) >= 11 is 5.82. The van der Waals surface area contributed by atoms with Crippen LogP contribution in [-0.4, -0.2) is 23.1 Å². The highest BCUT2D eigenvalue weighted by atomic mass is 35.5. The maximum absolute atomic E-state index is 12.6. The van der Waals surface area contributed by atoms with Gasteiger partial charge in [0.1, 0.15) is 11.5 Å². The number of allylic oxidation sites excluding steroid dienone is 1. The molecule has 0 aromatic heterocycles. The maximum atomic E-state index is 12.6. The smallest absolute Gasteiger partial charge is 0.270 e. The fraction of sp³-hybridized carbons (Fsp3) is 0.0435. The van der Waals surface area contributed by atoms with E-state index >= 15 is 0 Å². The Morgan fingerprint density at radius 3 is 2.61 bits per heavy atom. The van der Waals surface area contributed by atoms with E-state index in [0.29, 0.717) is 27.5 Å². The third-order valence-electron chi connectivity index (χ3n) is 4.56. The zero-order chi connectivity index (χ0) is 22.0. The van der Waals surface area contributed by atoms with Crippen LogP contribution in [-0.2, 0) is 0 Å². The number of non-ortho nitro benzene ring substituents is 1. The van der Waals surface area contributed by atoms with Gasteiger partial charge in [-0.25, -0.2) is 0 Å². The van der Waals surface area contributed by atoms with Gasteiger partial charge < -0.3 is 9.47 Å². The first-order chi connectivity index (χ1) is 14.9. The molecule has 0 N–H and O–H groups in total. The number of hydrogen-bond acceptors (Lipinski definition) is 6. The third-order valence-corrected chi connectivity index (χ3v) is 4.81. The standard InChI is InChI=1S/C23H14ClNO6/c24-16-6-4-15(5-7-16)20(26)13-30-18-8-9-19-21(12-18)31-22(23(19)27)11-14-2-1-3-17(10-14)25(28)29/h1-12H,13H2/b22-11-. The summed E-state index contributed by atoms with van der Waals surface area (Å²) in [6.45, 7) is -0.190. The van der Waals surface area contributed by atoms with E-state index in [-0.39, 0.29) is 35.4 Å². The molecule has 4 rings (SSSR count). The number of benzene rings is 3. The van der Waals surface area contributed by atoms with Crippen molar-refractivity contribution >= 4 is 34.9 Å². The van der Waals surface area contributed by atoms with E-state index in [0.717, 1.165) is 0 Å². The van der Waals surface area contributed by atoms with Crippen molar-refractivity contribution in [1.82, 2.24) is 0 Å². The molecule has 0 bridgehead atoms. The number of nitro benzene ring substituents is 1. The van der Waals surface area contributed by atoms with Gasteiger partial charge in [0.2, 0.25) is 5.78 Å². The van der Waals surface area contributed by atoms with E-state index in [4.69, 9.17) is 21.1 Å². The quantitative estimate of drug-likeness (QED) is 0.230. The van der Waals surface area contributed by atoms with E-state index in [1.165, 1.54) is 30.3 Å². The van der Waals surface area contributed by atoms with Gasteiger partial charge in [-0.05, 0) is 48.0 Å². The third kappa shape index (κ3) is 4.46. The number of fused-ring (bicyclic) bond motifs is 1. The van der Waals surface area contributed by atoms with Crippen LogP contribution in [0.25, 0.3) is 6.08 Å². The number of Topliss-reactive ketones (excluding diaryl/α,β-unsaturated/α-hetero) is 2. The number of carbonyl (C=O) groups excluding carboxylic acids is 2. The summed E-state index contributed by atoms with van der Waals surface area (Å²) in [7, 11) is 0. The average molecular weight is 436 g/mol. The fourth-order valence-corrected chi connectivity index (χ4v) is 3.13. The zero-order valence-electron chi connectivity index (χ0n) is 15.9. The lowest BCUT2D eigenvalue weighted by Crippen LogP contribution is -2.11. The molecule has 0 unspecified atom stereocenters. The first-order valence-corrected chi connectivity index (χ1v) is 9.53. The normalized spacial score (nSPS) is 13.6. The summed E-state index contributed by atoms with van der Waals surface area (Å²) in [4.78, 5) is 35.2. The Kier molecular flexibility index (Phi) is 5.51. The number of nitro groups is 1. The van der Waals surface area contributed by atoms with E-state index in [1.807, 2.05) is 0 Å². The largest absolute Gasteiger partial charge is 0.485 e. The fourth-order valence-electron chi connectivity index (χ4n) is 3.00. The molecule has 3 aromatic rings. The molecule has 0 radical (unpaired) electrons. The van der Waals surface area contributed by atoms with Gasteiger partial charge in [0.25, 0.3) is 5.69 Å². The van der Waals surface area contributed by atoms with Crippen LogP contribution in [0.3, 0.4) is 0 Å². The number of ether oxygens (including phenoxy) is 2. The summed E-state index contributed by atoms with van der Waals surface area (Å²) in [6, 6.07) is 17.0. The van der Waals surface area contributed by atoms with Gasteiger partial charge in [0.05, 0.1) is 10.5 Å². The van der Waals surface area contributed by atoms with E-state index < -0.39 is 4.92 Å². The van der Waals surface area contributed by atoms with Crippen molar-refractivity contribution in [2.45, 2.75) is 0 Å². The maximum Gasteiger partial charge on any atom is 0.270 e. The van der Waals surface area contributed by atoms with Crippen molar-refractivity contribution in [3.8, 4) is 11.5 Å². The van der Waals surface area contributed by atoms with Crippen molar-refractivity contribution in [2.75, 3.05) is 6.61 Å². The summed E-state index contributed by atoms with van der Waals surface area (Å²) in [5.74, 6) is 0.138. The first kappa shape index (κ1) is 20.3. The van der Waals surface area contributed by atoms with Crippen LogP contribution in [0.4, 0.5) is 5.69 Å². The Hall–Kier alpha value is -3.97. The number of hydrogen-bond donors (Lipinski definition) is 0. The molecule has 1 aliphatic heterocycles. The Labute approximate surface area is 181 Å².